The van der Waals surface area contributed by atoms with Crippen molar-refractivity contribution in [3.8, 4) is 6.07 Å². The Balaban J connectivity index is 1.49. The summed E-state index contributed by atoms with van der Waals surface area (Å²) in [6, 6.07) is 5.17. The number of anilines is 3. The van der Waals surface area contributed by atoms with Crippen molar-refractivity contribution in [2.24, 2.45) is 0 Å². The number of sulfone groups is 1. The van der Waals surface area contributed by atoms with E-state index < -0.39 is 15.9 Å². The molecule has 0 atom stereocenters. The van der Waals surface area contributed by atoms with Gasteiger partial charge in [0.25, 0.3) is 0 Å². The fourth-order valence-corrected chi connectivity index (χ4v) is 4.97. The Labute approximate surface area is 222 Å². The van der Waals surface area contributed by atoms with Crippen LogP contribution in [0.5, 0.6) is 0 Å². The van der Waals surface area contributed by atoms with E-state index in [0.29, 0.717) is 37.7 Å². The summed E-state index contributed by atoms with van der Waals surface area (Å²) < 4.78 is 22.9. The quantitative estimate of drug-likeness (QED) is 0.530. The average molecular weight is 541 g/mol. The molecule has 202 valence electrons. The van der Waals surface area contributed by atoms with Crippen LogP contribution in [0.15, 0.2) is 18.3 Å². The second-order valence-electron chi connectivity index (χ2n) is 9.74. The fourth-order valence-electron chi connectivity index (χ4n) is 4.50. The molecule has 0 aromatic carbocycles. The van der Waals surface area contributed by atoms with Crippen LogP contribution in [-0.4, -0.2) is 91.9 Å². The second kappa shape index (κ2) is 11.3. The molecule has 1 saturated heterocycles. The van der Waals surface area contributed by atoms with Gasteiger partial charge in [0.1, 0.15) is 27.5 Å². The van der Waals surface area contributed by atoms with Gasteiger partial charge in [-0.1, -0.05) is 0 Å². The zero-order valence-electron chi connectivity index (χ0n) is 21.8. The number of nitrogens with one attached hydrogen (secondary N) is 2. The van der Waals surface area contributed by atoms with E-state index in [-0.39, 0.29) is 29.6 Å². The topological polar surface area (TPSA) is 152 Å². The van der Waals surface area contributed by atoms with Gasteiger partial charge >= 0.3 is 6.03 Å². The first-order valence-electron chi connectivity index (χ1n) is 12.4. The van der Waals surface area contributed by atoms with Gasteiger partial charge in [0, 0.05) is 56.9 Å². The standard InChI is InChI=1S/C25H32N8O4S/c1-17-19(15-32-9-8-31(2)16-23(32)34)11-18-5-4-7-33(24(18)29-17)25(35)30-22-12-21(20(13-26)14-28-22)27-6-10-38(3,36)37/h11-12,14H,4-10,15-16H2,1-3H3,(H2,27,28,30,35). The molecule has 2 aromatic rings. The summed E-state index contributed by atoms with van der Waals surface area (Å²) in [7, 11) is -1.24. The minimum Gasteiger partial charge on any atom is -0.383 e. The molecule has 0 aliphatic carbocycles. The molecule has 13 heteroatoms. The van der Waals surface area contributed by atoms with Crippen molar-refractivity contribution in [2.45, 2.75) is 26.3 Å². The number of likely N-dealkylation sites (N-methyl/N-ethyl adjacent to an activating group) is 1. The Bertz CT molecular complexity index is 1390. The van der Waals surface area contributed by atoms with Crippen LogP contribution < -0.4 is 15.5 Å². The molecule has 12 nitrogen and oxygen atoms in total. The number of carbonyl (C=O) groups excluding carboxylic acids is 2. The van der Waals surface area contributed by atoms with E-state index in [4.69, 9.17) is 4.98 Å². The van der Waals surface area contributed by atoms with Crippen LogP contribution in [-0.2, 0) is 27.6 Å². The fraction of sp³-hybridized carbons (Fsp3) is 0.480. The molecule has 4 heterocycles. The molecule has 2 N–H and O–H groups in total. The Hall–Kier alpha value is -3.76. The first-order valence-corrected chi connectivity index (χ1v) is 14.5. The van der Waals surface area contributed by atoms with E-state index in [0.717, 1.165) is 42.5 Å². The number of pyridine rings is 2. The SMILES string of the molecule is Cc1nc2c(cc1CN1CCN(C)CC1=O)CCCN2C(=O)Nc1cc(NCCS(C)(=O)=O)c(C#N)cn1. The van der Waals surface area contributed by atoms with Crippen LogP contribution in [0.1, 0.15) is 28.8 Å². The molecule has 0 saturated carbocycles. The third-order valence-electron chi connectivity index (χ3n) is 6.62. The van der Waals surface area contributed by atoms with E-state index >= 15 is 0 Å². The summed E-state index contributed by atoms with van der Waals surface area (Å²) in [5.41, 5.74) is 3.32. The maximum atomic E-state index is 13.2. The van der Waals surface area contributed by atoms with Crippen molar-refractivity contribution >= 4 is 39.1 Å². The number of hydrogen-bond donors (Lipinski definition) is 2. The smallest absolute Gasteiger partial charge is 0.328 e. The number of amides is 3. The van der Waals surface area contributed by atoms with Crippen molar-refractivity contribution in [1.29, 1.82) is 5.26 Å². The largest absolute Gasteiger partial charge is 0.383 e. The molecule has 1 fully saturated rings. The summed E-state index contributed by atoms with van der Waals surface area (Å²) in [6.45, 7) is 4.89. The predicted molar refractivity (Wildman–Crippen MR) is 144 cm³/mol. The Morgan fingerprint density at radius 2 is 2.03 bits per heavy atom. The van der Waals surface area contributed by atoms with Crippen molar-refractivity contribution in [3.05, 3.63) is 40.7 Å². The molecule has 3 amide bonds. The van der Waals surface area contributed by atoms with Crippen LogP contribution in [0.2, 0.25) is 0 Å². The summed E-state index contributed by atoms with van der Waals surface area (Å²) in [6.07, 6.45) is 4.01. The lowest BCUT2D eigenvalue weighted by atomic mass is 10.0. The average Bonchev–Trinajstić information content (AvgIpc) is 2.85. The first-order chi connectivity index (χ1) is 18.0. The second-order valence-corrected chi connectivity index (χ2v) is 12.0. The highest BCUT2D eigenvalue weighted by Crippen LogP contribution is 2.29. The van der Waals surface area contributed by atoms with Crippen LogP contribution in [0, 0.1) is 18.3 Å². The van der Waals surface area contributed by atoms with E-state index in [1.807, 2.05) is 35.9 Å². The van der Waals surface area contributed by atoms with Crippen LogP contribution in [0.3, 0.4) is 0 Å². The Morgan fingerprint density at radius 1 is 1.24 bits per heavy atom. The number of urea groups is 1. The van der Waals surface area contributed by atoms with Crippen LogP contribution in [0.25, 0.3) is 0 Å². The number of rotatable bonds is 7. The number of hydrogen-bond acceptors (Lipinski definition) is 9. The highest BCUT2D eigenvalue weighted by molar-refractivity contribution is 7.90. The summed E-state index contributed by atoms with van der Waals surface area (Å²) >= 11 is 0. The van der Waals surface area contributed by atoms with Gasteiger partial charge in [-0.2, -0.15) is 5.26 Å². The Morgan fingerprint density at radius 3 is 2.74 bits per heavy atom. The molecular weight excluding hydrogens is 508 g/mol. The van der Waals surface area contributed by atoms with Gasteiger partial charge in [0.05, 0.1) is 23.5 Å². The zero-order valence-corrected chi connectivity index (χ0v) is 22.6. The molecule has 0 bridgehead atoms. The summed E-state index contributed by atoms with van der Waals surface area (Å²) in [4.78, 5) is 40.0. The molecule has 38 heavy (non-hydrogen) atoms. The van der Waals surface area contributed by atoms with E-state index in [1.54, 1.807) is 4.90 Å². The van der Waals surface area contributed by atoms with E-state index in [2.05, 4.69) is 15.6 Å². The minimum atomic E-state index is -3.17. The molecule has 0 radical (unpaired) electrons. The van der Waals surface area contributed by atoms with Crippen molar-refractivity contribution < 1.29 is 18.0 Å². The number of fused-ring (bicyclic) bond motifs is 1. The van der Waals surface area contributed by atoms with Crippen molar-refractivity contribution in [3.63, 3.8) is 0 Å². The van der Waals surface area contributed by atoms with Gasteiger partial charge in [-0.25, -0.2) is 23.2 Å². The van der Waals surface area contributed by atoms with Crippen LogP contribution in [0.4, 0.5) is 22.1 Å². The lowest BCUT2D eigenvalue weighted by Crippen LogP contribution is -2.48. The number of piperazine rings is 1. The van der Waals surface area contributed by atoms with Gasteiger partial charge in [-0.3, -0.25) is 19.9 Å². The van der Waals surface area contributed by atoms with Gasteiger partial charge in [0.15, 0.2) is 0 Å². The highest BCUT2D eigenvalue weighted by Gasteiger charge is 2.27. The maximum absolute atomic E-state index is 13.2. The van der Waals surface area contributed by atoms with Gasteiger partial charge in [-0.15, -0.1) is 0 Å². The minimum absolute atomic E-state index is 0.0944. The highest BCUT2D eigenvalue weighted by atomic mass is 32.2. The summed E-state index contributed by atoms with van der Waals surface area (Å²) in [5.74, 6) is 0.810. The van der Waals surface area contributed by atoms with E-state index in [9.17, 15) is 23.3 Å². The van der Waals surface area contributed by atoms with E-state index in [1.165, 1.54) is 12.3 Å². The molecule has 0 unspecified atom stereocenters. The molecule has 4 rings (SSSR count). The molecule has 2 aliphatic rings. The number of aryl methyl sites for hydroxylation is 2. The van der Waals surface area contributed by atoms with Crippen molar-refractivity contribution in [2.75, 3.05) is 67.3 Å². The molecule has 2 aliphatic heterocycles. The normalized spacial score (nSPS) is 16.1. The molecular formula is C25H32N8O4S. The molecule has 2 aromatic heterocycles. The summed E-state index contributed by atoms with van der Waals surface area (Å²) in [5, 5.41) is 15.1. The Kier molecular flexibility index (Phi) is 8.13. The monoisotopic (exact) mass is 540 g/mol. The van der Waals surface area contributed by atoms with Gasteiger partial charge in [-0.05, 0) is 44.0 Å². The lowest BCUT2D eigenvalue weighted by molar-refractivity contribution is -0.136. The zero-order chi connectivity index (χ0) is 27.4. The third-order valence-corrected chi connectivity index (χ3v) is 7.57. The predicted octanol–water partition coefficient (Wildman–Crippen LogP) is 1.37. The first kappa shape index (κ1) is 27.3. The van der Waals surface area contributed by atoms with Crippen molar-refractivity contribution in [1.82, 2.24) is 19.8 Å². The molecule has 0 spiro atoms. The lowest BCUT2D eigenvalue weighted by Gasteiger charge is -2.33. The number of nitrogens with zero attached hydrogens (tertiary/aromatic N) is 6. The number of carbonyl (C=O) groups is 2. The van der Waals surface area contributed by atoms with Gasteiger partial charge in [0.2, 0.25) is 5.91 Å². The van der Waals surface area contributed by atoms with Gasteiger partial charge < -0.3 is 10.2 Å². The number of nitriles is 1. The van der Waals surface area contributed by atoms with Crippen LogP contribution >= 0.6 is 0 Å². The third kappa shape index (κ3) is 6.56. The maximum Gasteiger partial charge on any atom is 0.328 e. The number of aromatic nitrogens is 2.